The molecule has 0 unspecified atom stereocenters. The number of carbonyl (C=O) groups is 1. The zero-order valence-electron chi connectivity index (χ0n) is 20.4. The summed E-state index contributed by atoms with van der Waals surface area (Å²) in [6.45, 7) is 10.00. The molecule has 34 heavy (non-hydrogen) atoms. The lowest BCUT2D eigenvalue weighted by molar-refractivity contribution is 0.193. The van der Waals surface area contributed by atoms with Gasteiger partial charge in [-0.3, -0.25) is 0 Å². The lowest BCUT2D eigenvalue weighted by Gasteiger charge is -2.34. The van der Waals surface area contributed by atoms with Gasteiger partial charge in [-0.2, -0.15) is 4.52 Å². The van der Waals surface area contributed by atoms with Gasteiger partial charge in [-0.15, -0.1) is 5.10 Å². The largest absolute Gasteiger partial charge is 0.365 e. The number of hydrogen-bond donors (Lipinski definition) is 2. The first-order chi connectivity index (χ1) is 16.5. The standard InChI is InChI=1S/C25H35N7OS/c1-17(2)16-26-23(33)30-12-14-31(15-13-30)25-29-32-22(27-20-6-4-5-7-20)21(28-24(32)34-25)19-10-8-18(3)9-11-19/h8-11,17,20,27H,4-7,12-16H2,1-3H3,(H,26,33). The van der Waals surface area contributed by atoms with Crippen LogP contribution in [0.5, 0.6) is 0 Å². The molecule has 1 aromatic carbocycles. The summed E-state index contributed by atoms with van der Waals surface area (Å²) < 4.78 is 2.00. The maximum absolute atomic E-state index is 12.4. The minimum absolute atomic E-state index is 0.0353. The third-order valence-electron chi connectivity index (χ3n) is 6.71. The number of imidazole rings is 1. The molecular formula is C25H35N7OS. The summed E-state index contributed by atoms with van der Waals surface area (Å²) in [7, 11) is 0. The molecule has 0 atom stereocenters. The Labute approximate surface area is 205 Å². The number of anilines is 2. The Bertz CT molecular complexity index is 1120. The Morgan fingerprint density at radius 1 is 1.12 bits per heavy atom. The van der Waals surface area contributed by atoms with Crippen molar-refractivity contribution in [3.8, 4) is 11.3 Å². The second-order valence-corrected chi connectivity index (χ2v) is 10.9. The first-order valence-corrected chi connectivity index (χ1v) is 13.3. The molecule has 2 aromatic heterocycles. The molecule has 5 rings (SSSR count). The highest BCUT2D eigenvalue weighted by molar-refractivity contribution is 7.20. The molecule has 2 fully saturated rings. The molecule has 3 heterocycles. The average molecular weight is 482 g/mol. The van der Waals surface area contributed by atoms with Gasteiger partial charge in [0.2, 0.25) is 10.1 Å². The van der Waals surface area contributed by atoms with E-state index in [9.17, 15) is 4.79 Å². The zero-order chi connectivity index (χ0) is 23.7. The SMILES string of the molecule is Cc1ccc(-c2nc3sc(N4CCN(C(=O)NCC(C)C)CC4)nn3c2NC2CCCC2)cc1. The number of benzene rings is 1. The fourth-order valence-electron chi connectivity index (χ4n) is 4.68. The van der Waals surface area contributed by atoms with Crippen LogP contribution in [0.4, 0.5) is 15.7 Å². The van der Waals surface area contributed by atoms with E-state index in [1.54, 1.807) is 11.3 Å². The van der Waals surface area contributed by atoms with Crippen LogP contribution in [0.15, 0.2) is 24.3 Å². The Balaban J connectivity index is 1.35. The summed E-state index contributed by atoms with van der Waals surface area (Å²) >= 11 is 1.63. The summed E-state index contributed by atoms with van der Waals surface area (Å²) in [6.07, 6.45) is 4.93. The van der Waals surface area contributed by atoms with Crippen LogP contribution < -0.4 is 15.5 Å². The van der Waals surface area contributed by atoms with Crippen molar-refractivity contribution in [1.29, 1.82) is 0 Å². The van der Waals surface area contributed by atoms with Crippen molar-refractivity contribution in [2.75, 3.05) is 42.9 Å². The number of aryl methyl sites for hydroxylation is 1. The Morgan fingerprint density at radius 3 is 2.50 bits per heavy atom. The Kier molecular flexibility index (Phi) is 6.63. The number of fused-ring (bicyclic) bond motifs is 1. The van der Waals surface area contributed by atoms with Gasteiger partial charge in [-0.1, -0.05) is 67.9 Å². The van der Waals surface area contributed by atoms with E-state index in [0.717, 1.165) is 40.3 Å². The highest BCUT2D eigenvalue weighted by Crippen LogP contribution is 2.35. The molecule has 1 aliphatic heterocycles. The summed E-state index contributed by atoms with van der Waals surface area (Å²) in [6, 6.07) is 9.07. The summed E-state index contributed by atoms with van der Waals surface area (Å²) in [5.74, 6) is 1.45. The minimum Gasteiger partial charge on any atom is -0.365 e. The molecule has 3 aromatic rings. The number of hydrogen-bond acceptors (Lipinski definition) is 6. The number of piperazine rings is 1. The lowest BCUT2D eigenvalue weighted by atomic mass is 10.1. The van der Waals surface area contributed by atoms with Crippen molar-refractivity contribution in [2.24, 2.45) is 5.92 Å². The number of urea groups is 1. The van der Waals surface area contributed by atoms with E-state index >= 15 is 0 Å². The smallest absolute Gasteiger partial charge is 0.317 e. The van der Waals surface area contributed by atoms with Crippen LogP contribution in [-0.4, -0.2) is 64.3 Å². The number of aromatic nitrogens is 3. The third-order valence-corrected chi connectivity index (χ3v) is 7.68. The highest BCUT2D eigenvalue weighted by Gasteiger charge is 2.26. The molecule has 182 valence electrons. The van der Waals surface area contributed by atoms with E-state index < -0.39 is 0 Å². The summed E-state index contributed by atoms with van der Waals surface area (Å²) in [5, 5.41) is 12.8. The zero-order valence-corrected chi connectivity index (χ0v) is 21.2. The fraction of sp³-hybridized carbons (Fsp3) is 0.560. The fourth-order valence-corrected chi connectivity index (χ4v) is 5.63. The van der Waals surface area contributed by atoms with E-state index in [1.807, 2.05) is 9.42 Å². The molecule has 2 aliphatic rings. The molecule has 0 bridgehead atoms. The molecule has 8 nitrogen and oxygen atoms in total. The van der Waals surface area contributed by atoms with Crippen LogP contribution in [-0.2, 0) is 0 Å². The predicted molar refractivity (Wildman–Crippen MR) is 139 cm³/mol. The Morgan fingerprint density at radius 2 is 1.82 bits per heavy atom. The van der Waals surface area contributed by atoms with Crippen molar-refractivity contribution in [3.05, 3.63) is 29.8 Å². The number of nitrogens with one attached hydrogen (secondary N) is 2. The molecule has 0 spiro atoms. The molecule has 1 saturated carbocycles. The lowest BCUT2D eigenvalue weighted by Crippen LogP contribution is -2.52. The molecular weight excluding hydrogens is 446 g/mol. The summed E-state index contributed by atoms with van der Waals surface area (Å²) in [5.41, 5.74) is 3.34. The number of carbonyl (C=O) groups excluding carboxylic acids is 1. The van der Waals surface area contributed by atoms with Crippen molar-refractivity contribution in [2.45, 2.75) is 52.5 Å². The quantitative estimate of drug-likeness (QED) is 0.538. The molecule has 2 N–H and O–H groups in total. The highest BCUT2D eigenvalue weighted by atomic mass is 32.1. The van der Waals surface area contributed by atoms with Gasteiger partial charge in [0.25, 0.3) is 0 Å². The van der Waals surface area contributed by atoms with Gasteiger partial charge < -0.3 is 20.4 Å². The molecule has 2 amide bonds. The minimum atomic E-state index is 0.0353. The first kappa shape index (κ1) is 23.0. The van der Waals surface area contributed by atoms with E-state index in [4.69, 9.17) is 10.1 Å². The van der Waals surface area contributed by atoms with E-state index in [-0.39, 0.29) is 6.03 Å². The summed E-state index contributed by atoms with van der Waals surface area (Å²) in [4.78, 5) is 22.5. The monoisotopic (exact) mass is 481 g/mol. The van der Waals surface area contributed by atoms with Crippen LogP contribution in [0.25, 0.3) is 16.2 Å². The number of amides is 2. The van der Waals surface area contributed by atoms with E-state index in [2.05, 4.69) is 60.6 Å². The topological polar surface area (TPSA) is 77.8 Å². The van der Waals surface area contributed by atoms with Gasteiger partial charge in [0, 0.05) is 44.3 Å². The first-order valence-electron chi connectivity index (χ1n) is 12.5. The molecule has 1 aliphatic carbocycles. The van der Waals surface area contributed by atoms with Gasteiger partial charge in [-0.25, -0.2) is 9.78 Å². The Hall–Kier alpha value is -2.81. The molecule has 0 radical (unpaired) electrons. The maximum Gasteiger partial charge on any atom is 0.317 e. The average Bonchev–Trinajstić information content (AvgIpc) is 3.56. The van der Waals surface area contributed by atoms with Gasteiger partial charge in [0.05, 0.1) is 0 Å². The van der Waals surface area contributed by atoms with Gasteiger partial charge in [0.1, 0.15) is 5.69 Å². The number of rotatable bonds is 6. The van der Waals surface area contributed by atoms with Gasteiger partial charge >= 0.3 is 6.03 Å². The van der Waals surface area contributed by atoms with Crippen LogP contribution in [0.2, 0.25) is 0 Å². The normalized spacial score (nSPS) is 17.2. The van der Waals surface area contributed by atoms with Gasteiger partial charge in [-0.05, 0) is 25.7 Å². The van der Waals surface area contributed by atoms with Crippen LogP contribution >= 0.6 is 11.3 Å². The van der Waals surface area contributed by atoms with Gasteiger partial charge in [0.15, 0.2) is 5.82 Å². The second-order valence-electron chi connectivity index (χ2n) is 9.93. The number of nitrogens with zero attached hydrogens (tertiary/aromatic N) is 5. The van der Waals surface area contributed by atoms with E-state index in [1.165, 1.54) is 31.2 Å². The maximum atomic E-state index is 12.4. The van der Waals surface area contributed by atoms with Crippen molar-refractivity contribution < 1.29 is 4.79 Å². The van der Waals surface area contributed by atoms with Crippen LogP contribution in [0, 0.1) is 12.8 Å². The molecule has 1 saturated heterocycles. The van der Waals surface area contributed by atoms with Crippen molar-refractivity contribution in [1.82, 2.24) is 24.8 Å². The van der Waals surface area contributed by atoms with Crippen molar-refractivity contribution >= 4 is 33.3 Å². The third kappa shape index (κ3) is 4.85. The van der Waals surface area contributed by atoms with Crippen molar-refractivity contribution in [3.63, 3.8) is 0 Å². The van der Waals surface area contributed by atoms with Crippen LogP contribution in [0.3, 0.4) is 0 Å². The predicted octanol–water partition coefficient (Wildman–Crippen LogP) is 4.61. The second kappa shape index (κ2) is 9.82. The van der Waals surface area contributed by atoms with Crippen LogP contribution in [0.1, 0.15) is 45.1 Å². The van der Waals surface area contributed by atoms with E-state index in [0.29, 0.717) is 31.6 Å². The molecule has 9 heteroatoms.